The number of nitrogens with zero attached hydrogens (tertiary/aromatic N) is 1. The second-order valence-electron chi connectivity index (χ2n) is 3.61. The summed E-state index contributed by atoms with van der Waals surface area (Å²) in [4.78, 5) is 11.3. The molecule has 0 saturated heterocycles. The molecule has 0 radical (unpaired) electrons. The molecule has 5 heteroatoms. The maximum absolute atomic E-state index is 11.3. The minimum Gasteiger partial charge on any atom is -0.408 e. The van der Waals surface area contributed by atoms with Gasteiger partial charge in [-0.3, -0.25) is 4.57 Å². The number of oxazole rings is 1. The third-order valence-corrected chi connectivity index (χ3v) is 2.46. The van der Waals surface area contributed by atoms with E-state index in [4.69, 9.17) is 9.52 Å². The van der Waals surface area contributed by atoms with E-state index in [0.717, 1.165) is 11.2 Å². The Morgan fingerprint density at radius 1 is 1.50 bits per heavy atom. The van der Waals surface area contributed by atoms with E-state index in [1.54, 1.807) is 13.1 Å². The van der Waals surface area contributed by atoms with E-state index < -0.39 is 0 Å². The largest absolute Gasteiger partial charge is 0.419 e. The van der Waals surface area contributed by atoms with Crippen molar-refractivity contribution in [3.63, 3.8) is 0 Å². The van der Waals surface area contributed by atoms with E-state index in [1.165, 1.54) is 4.57 Å². The van der Waals surface area contributed by atoms with Crippen LogP contribution in [0.15, 0.2) is 27.4 Å². The van der Waals surface area contributed by atoms with E-state index >= 15 is 0 Å². The van der Waals surface area contributed by atoms with Gasteiger partial charge in [-0.05, 0) is 24.6 Å². The first kappa shape index (κ1) is 10.8. The lowest BCUT2D eigenvalue weighted by Crippen LogP contribution is -2.08. The second-order valence-corrected chi connectivity index (χ2v) is 3.61. The normalized spacial score (nSPS) is 10.9. The quantitative estimate of drug-likeness (QED) is 0.755. The van der Waals surface area contributed by atoms with Crippen molar-refractivity contribution < 1.29 is 9.52 Å². The number of aromatic nitrogens is 1. The minimum atomic E-state index is -0.359. The molecule has 2 N–H and O–H groups in total. The molecule has 0 fully saturated rings. The summed E-state index contributed by atoms with van der Waals surface area (Å²) < 4.78 is 6.48. The number of nitrogens with one attached hydrogen (secondary N) is 1. The van der Waals surface area contributed by atoms with Crippen molar-refractivity contribution in [3.05, 3.63) is 28.7 Å². The van der Waals surface area contributed by atoms with Crippen molar-refractivity contribution in [2.75, 3.05) is 18.5 Å². The SMILES string of the molecule is Cn1c(=O)oc2ccc(NCCCO)cc21. The molecule has 0 spiro atoms. The van der Waals surface area contributed by atoms with E-state index in [9.17, 15) is 4.79 Å². The zero-order valence-corrected chi connectivity index (χ0v) is 9.06. The molecule has 86 valence electrons. The molecule has 1 aromatic heterocycles. The predicted molar refractivity (Wildman–Crippen MR) is 61.6 cm³/mol. The fourth-order valence-electron chi connectivity index (χ4n) is 1.55. The van der Waals surface area contributed by atoms with Gasteiger partial charge >= 0.3 is 5.76 Å². The van der Waals surface area contributed by atoms with Gasteiger partial charge < -0.3 is 14.8 Å². The molecule has 2 rings (SSSR count). The van der Waals surface area contributed by atoms with Crippen molar-refractivity contribution >= 4 is 16.8 Å². The summed E-state index contributed by atoms with van der Waals surface area (Å²) in [6.45, 7) is 0.868. The molecule has 1 aromatic carbocycles. The Morgan fingerprint density at radius 2 is 2.31 bits per heavy atom. The third kappa shape index (κ3) is 1.94. The molecule has 0 amide bonds. The smallest absolute Gasteiger partial charge is 0.408 e. The Labute approximate surface area is 92.3 Å². The van der Waals surface area contributed by atoms with Gasteiger partial charge in [-0.15, -0.1) is 0 Å². The van der Waals surface area contributed by atoms with Crippen molar-refractivity contribution in [2.24, 2.45) is 7.05 Å². The van der Waals surface area contributed by atoms with Crippen LogP contribution in [0.5, 0.6) is 0 Å². The molecule has 1 heterocycles. The average molecular weight is 222 g/mol. The molecular formula is C11H14N2O3. The Kier molecular flexibility index (Phi) is 2.96. The highest BCUT2D eigenvalue weighted by Crippen LogP contribution is 2.17. The molecule has 0 unspecified atom stereocenters. The third-order valence-electron chi connectivity index (χ3n) is 2.46. The van der Waals surface area contributed by atoms with Crippen LogP contribution in [0.1, 0.15) is 6.42 Å². The van der Waals surface area contributed by atoms with E-state index in [0.29, 0.717) is 18.5 Å². The van der Waals surface area contributed by atoms with Gasteiger partial charge in [-0.2, -0.15) is 0 Å². The summed E-state index contributed by atoms with van der Waals surface area (Å²) in [6, 6.07) is 5.47. The number of hydrogen-bond donors (Lipinski definition) is 2. The van der Waals surface area contributed by atoms with Crippen LogP contribution in [-0.2, 0) is 7.05 Å². The lowest BCUT2D eigenvalue weighted by atomic mass is 10.2. The van der Waals surface area contributed by atoms with Crippen molar-refractivity contribution in [3.8, 4) is 0 Å². The van der Waals surface area contributed by atoms with Gasteiger partial charge in [0.25, 0.3) is 0 Å². The lowest BCUT2D eigenvalue weighted by molar-refractivity contribution is 0.292. The topological polar surface area (TPSA) is 67.4 Å². The lowest BCUT2D eigenvalue weighted by Gasteiger charge is -2.04. The molecular weight excluding hydrogens is 208 g/mol. The molecule has 0 aliphatic rings. The number of fused-ring (bicyclic) bond motifs is 1. The molecule has 2 aromatic rings. The maximum atomic E-state index is 11.3. The van der Waals surface area contributed by atoms with Crippen LogP contribution in [0.4, 0.5) is 5.69 Å². The van der Waals surface area contributed by atoms with Crippen LogP contribution in [-0.4, -0.2) is 22.8 Å². The summed E-state index contributed by atoms with van der Waals surface area (Å²) in [5, 5.41) is 11.8. The highest BCUT2D eigenvalue weighted by atomic mass is 16.4. The Hall–Kier alpha value is -1.75. The van der Waals surface area contributed by atoms with E-state index in [2.05, 4.69) is 5.32 Å². The molecule has 0 aliphatic carbocycles. The summed E-state index contributed by atoms with van der Waals surface area (Å²) in [7, 11) is 1.67. The molecule has 0 atom stereocenters. The number of aliphatic hydroxyl groups is 1. The average Bonchev–Trinajstić information content (AvgIpc) is 2.56. The van der Waals surface area contributed by atoms with Crippen LogP contribution >= 0.6 is 0 Å². The number of hydrogen-bond acceptors (Lipinski definition) is 4. The van der Waals surface area contributed by atoms with E-state index in [-0.39, 0.29) is 12.4 Å². The molecule has 0 bridgehead atoms. The van der Waals surface area contributed by atoms with Gasteiger partial charge in [0.15, 0.2) is 5.58 Å². The highest BCUT2D eigenvalue weighted by Gasteiger charge is 2.05. The second kappa shape index (κ2) is 4.40. The van der Waals surface area contributed by atoms with Crippen molar-refractivity contribution in [1.29, 1.82) is 0 Å². The van der Waals surface area contributed by atoms with Gasteiger partial charge in [-0.25, -0.2) is 4.79 Å². The summed E-state index contributed by atoms with van der Waals surface area (Å²) >= 11 is 0. The highest BCUT2D eigenvalue weighted by molar-refractivity contribution is 5.77. The number of rotatable bonds is 4. The monoisotopic (exact) mass is 222 g/mol. The Bertz CT molecular complexity index is 542. The summed E-state index contributed by atoms with van der Waals surface area (Å²) in [5.74, 6) is -0.359. The molecule has 5 nitrogen and oxygen atoms in total. The maximum Gasteiger partial charge on any atom is 0.419 e. The van der Waals surface area contributed by atoms with Gasteiger partial charge in [-0.1, -0.05) is 0 Å². The zero-order valence-electron chi connectivity index (χ0n) is 9.06. The molecule has 0 saturated carbocycles. The van der Waals surface area contributed by atoms with Gasteiger partial charge in [0.05, 0.1) is 5.52 Å². The molecule has 0 aliphatic heterocycles. The fraction of sp³-hybridized carbons (Fsp3) is 0.364. The first-order valence-corrected chi connectivity index (χ1v) is 5.16. The first-order chi connectivity index (χ1) is 7.72. The van der Waals surface area contributed by atoms with Gasteiger partial charge in [0, 0.05) is 25.9 Å². The molecule has 16 heavy (non-hydrogen) atoms. The minimum absolute atomic E-state index is 0.166. The van der Waals surface area contributed by atoms with Crippen LogP contribution < -0.4 is 11.1 Å². The Balaban J connectivity index is 2.28. The Morgan fingerprint density at radius 3 is 3.06 bits per heavy atom. The standard InChI is InChI=1S/C11H14N2O3/c1-13-9-7-8(12-5-2-6-14)3-4-10(9)16-11(13)15/h3-4,7,12,14H,2,5-6H2,1H3. The van der Waals surface area contributed by atoms with Crippen molar-refractivity contribution in [2.45, 2.75) is 6.42 Å². The number of aryl methyl sites for hydroxylation is 1. The van der Waals surface area contributed by atoms with E-state index in [1.807, 2.05) is 12.1 Å². The van der Waals surface area contributed by atoms with Crippen LogP contribution in [0.25, 0.3) is 11.1 Å². The first-order valence-electron chi connectivity index (χ1n) is 5.16. The number of anilines is 1. The summed E-state index contributed by atoms with van der Waals surface area (Å²) in [5.41, 5.74) is 2.26. The van der Waals surface area contributed by atoms with Crippen LogP contribution in [0.3, 0.4) is 0 Å². The van der Waals surface area contributed by atoms with Crippen molar-refractivity contribution in [1.82, 2.24) is 4.57 Å². The number of benzene rings is 1. The van der Waals surface area contributed by atoms with Gasteiger partial charge in [0.1, 0.15) is 0 Å². The fourth-order valence-corrected chi connectivity index (χ4v) is 1.55. The van der Waals surface area contributed by atoms with Gasteiger partial charge in [0.2, 0.25) is 0 Å². The number of aliphatic hydroxyl groups excluding tert-OH is 1. The summed E-state index contributed by atoms with van der Waals surface area (Å²) in [6.07, 6.45) is 0.697. The predicted octanol–water partition coefficient (Wildman–Crippen LogP) is 0.926. The zero-order chi connectivity index (χ0) is 11.5. The van der Waals surface area contributed by atoms with Crippen LogP contribution in [0.2, 0.25) is 0 Å². The van der Waals surface area contributed by atoms with Crippen LogP contribution in [0, 0.1) is 0 Å².